The topological polar surface area (TPSA) is 74.2 Å². The fraction of sp³-hybridized carbons (Fsp3) is 0.333. The molecule has 2 rings (SSSR count). The lowest BCUT2D eigenvalue weighted by molar-refractivity contribution is 0.114. The van der Waals surface area contributed by atoms with Crippen molar-refractivity contribution in [3.8, 4) is 11.5 Å². The Hall–Kier alpha value is -1.40. The van der Waals surface area contributed by atoms with Crippen LogP contribution in [-0.2, 0) is 11.3 Å². The van der Waals surface area contributed by atoms with Crippen LogP contribution in [0, 0.1) is 0 Å². The van der Waals surface area contributed by atoms with Crippen molar-refractivity contribution in [2.75, 3.05) is 12.3 Å². The fourth-order valence-electron chi connectivity index (χ4n) is 1.41. The van der Waals surface area contributed by atoms with Crippen LogP contribution in [0.1, 0.15) is 19.2 Å². The van der Waals surface area contributed by atoms with Crippen molar-refractivity contribution in [1.82, 2.24) is 10.1 Å². The molecule has 0 atom stereocenters. The number of aromatic nitrogens is 2. The molecule has 0 unspecified atom stereocenters. The van der Waals surface area contributed by atoms with Crippen LogP contribution in [-0.4, -0.2) is 16.7 Å². The molecule has 96 valence electrons. The van der Waals surface area contributed by atoms with Crippen LogP contribution in [0.15, 0.2) is 27.2 Å². The van der Waals surface area contributed by atoms with Gasteiger partial charge < -0.3 is 15.0 Å². The number of rotatable bonds is 5. The average molecular weight is 312 g/mol. The maximum absolute atomic E-state index is 5.80. The van der Waals surface area contributed by atoms with Gasteiger partial charge in [-0.3, -0.25) is 0 Å². The summed E-state index contributed by atoms with van der Waals surface area (Å²) in [6, 6.07) is 5.50. The molecule has 0 radical (unpaired) electrons. The average Bonchev–Trinajstić information content (AvgIpc) is 2.82. The fourth-order valence-corrected chi connectivity index (χ4v) is 1.66. The van der Waals surface area contributed by atoms with Crippen LogP contribution in [0.2, 0.25) is 0 Å². The quantitative estimate of drug-likeness (QED) is 0.678. The molecule has 5 nitrogen and oxygen atoms in total. The number of nitrogens with two attached hydrogens (primary N) is 1. The number of anilines is 1. The second-order valence-electron chi connectivity index (χ2n) is 3.80. The molecular formula is C12H14BrN3O2. The van der Waals surface area contributed by atoms with Crippen LogP contribution in [0.4, 0.5) is 5.69 Å². The van der Waals surface area contributed by atoms with Crippen molar-refractivity contribution in [3.63, 3.8) is 0 Å². The maximum Gasteiger partial charge on any atom is 0.258 e. The predicted molar refractivity (Wildman–Crippen MR) is 71.8 cm³/mol. The van der Waals surface area contributed by atoms with E-state index < -0.39 is 0 Å². The smallest absolute Gasteiger partial charge is 0.258 e. The van der Waals surface area contributed by atoms with Crippen molar-refractivity contribution < 1.29 is 9.26 Å². The molecule has 0 aliphatic rings. The summed E-state index contributed by atoms with van der Waals surface area (Å²) in [5, 5.41) is 3.85. The normalized spacial score (nSPS) is 10.8. The number of nitrogens with zero attached hydrogens (tertiary/aromatic N) is 2. The monoisotopic (exact) mass is 311 g/mol. The van der Waals surface area contributed by atoms with E-state index in [1.807, 2.05) is 19.1 Å². The van der Waals surface area contributed by atoms with E-state index in [0.29, 0.717) is 30.6 Å². The standard InChI is InChI=1S/C12H14BrN3O2/c1-2-5-17-7-11-15-12(18-16-11)8-3-4-9(13)10(14)6-8/h3-4,6H,2,5,7,14H2,1H3. The first-order chi connectivity index (χ1) is 8.70. The van der Waals surface area contributed by atoms with Crippen molar-refractivity contribution >= 4 is 21.6 Å². The molecule has 0 fully saturated rings. The predicted octanol–water partition coefficient (Wildman–Crippen LogP) is 3.01. The summed E-state index contributed by atoms with van der Waals surface area (Å²) in [5.41, 5.74) is 7.23. The van der Waals surface area contributed by atoms with E-state index in [-0.39, 0.29) is 0 Å². The molecule has 1 aromatic heterocycles. The Labute approximate surface area is 113 Å². The van der Waals surface area contributed by atoms with Crippen molar-refractivity contribution in [3.05, 3.63) is 28.5 Å². The molecule has 0 saturated carbocycles. The summed E-state index contributed by atoms with van der Waals surface area (Å²) in [4.78, 5) is 4.25. The molecule has 0 aliphatic heterocycles. The van der Waals surface area contributed by atoms with Gasteiger partial charge in [-0.05, 0) is 40.5 Å². The van der Waals surface area contributed by atoms with E-state index >= 15 is 0 Å². The van der Waals surface area contributed by atoms with Gasteiger partial charge in [0.25, 0.3) is 5.89 Å². The van der Waals surface area contributed by atoms with Gasteiger partial charge in [0, 0.05) is 22.3 Å². The summed E-state index contributed by atoms with van der Waals surface area (Å²) >= 11 is 3.34. The molecule has 2 N–H and O–H groups in total. The van der Waals surface area contributed by atoms with Crippen LogP contribution >= 0.6 is 15.9 Å². The lowest BCUT2D eigenvalue weighted by Crippen LogP contribution is -1.95. The van der Waals surface area contributed by atoms with Crippen molar-refractivity contribution in [1.29, 1.82) is 0 Å². The second-order valence-corrected chi connectivity index (χ2v) is 4.66. The van der Waals surface area contributed by atoms with E-state index in [0.717, 1.165) is 16.5 Å². The molecule has 1 aromatic carbocycles. The SMILES string of the molecule is CCCOCc1noc(-c2ccc(Br)c(N)c2)n1. The Morgan fingerprint density at radius 3 is 3.00 bits per heavy atom. The number of benzene rings is 1. The second kappa shape index (κ2) is 5.97. The Morgan fingerprint density at radius 1 is 1.44 bits per heavy atom. The molecule has 18 heavy (non-hydrogen) atoms. The summed E-state index contributed by atoms with van der Waals surface area (Å²) in [6.45, 7) is 3.10. The van der Waals surface area contributed by atoms with Crippen LogP contribution in [0.3, 0.4) is 0 Å². The van der Waals surface area contributed by atoms with E-state index in [2.05, 4.69) is 26.1 Å². The zero-order valence-corrected chi connectivity index (χ0v) is 11.6. The molecule has 6 heteroatoms. The van der Waals surface area contributed by atoms with Gasteiger partial charge in [-0.25, -0.2) is 0 Å². The lowest BCUT2D eigenvalue weighted by atomic mass is 10.2. The molecular weight excluding hydrogens is 298 g/mol. The molecule has 0 bridgehead atoms. The zero-order chi connectivity index (χ0) is 13.0. The van der Waals surface area contributed by atoms with E-state index in [4.69, 9.17) is 15.0 Å². The van der Waals surface area contributed by atoms with E-state index in [1.54, 1.807) is 6.07 Å². The minimum atomic E-state index is 0.364. The molecule has 2 aromatic rings. The van der Waals surface area contributed by atoms with Gasteiger partial charge in [-0.1, -0.05) is 12.1 Å². The van der Waals surface area contributed by atoms with Gasteiger partial charge in [-0.15, -0.1) is 0 Å². The minimum Gasteiger partial charge on any atom is -0.398 e. The van der Waals surface area contributed by atoms with Gasteiger partial charge in [0.05, 0.1) is 0 Å². The first-order valence-corrected chi connectivity index (χ1v) is 6.45. The first-order valence-electron chi connectivity index (χ1n) is 5.66. The van der Waals surface area contributed by atoms with Crippen molar-refractivity contribution in [2.45, 2.75) is 20.0 Å². The number of nitrogen functional groups attached to an aromatic ring is 1. The zero-order valence-electron chi connectivity index (χ0n) is 10.0. The third-order valence-electron chi connectivity index (χ3n) is 2.29. The van der Waals surface area contributed by atoms with E-state index in [1.165, 1.54) is 0 Å². The van der Waals surface area contributed by atoms with Gasteiger partial charge in [-0.2, -0.15) is 4.98 Å². The number of hydrogen-bond acceptors (Lipinski definition) is 5. The van der Waals surface area contributed by atoms with Gasteiger partial charge in [0.1, 0.15) is 6.61 Å². The molecule has 0 aliphatic carbocycles. The van der Waals surface area contributed by atoms with E-state index in [9.17, 15) is 0 Å². The van der Waals surface area contributed by atoms with Crippen molar-refractivity contribution in [2.24, 2.45) is 0 Å². The Bertz CT molecular complexity index is 528. The third kappa shape index (κ3) is 3.08. The number of halogens is 1. The highest BCUT2D eigenvalue weighted by molar-refractivity contribution is 9.10. The number of ether oxygens (including phenoxy) is 1. The summed E-state index contributed by atoms with van der Waals surface area (Å²) in [5.74, 6) is 0.990. The molecule has 0 spiro atoms. The van der Waals surface area contributed by atoms with Crippen LogP contribution < -0.4 is 5.73 Å². The summed E-state index contributed by atoms with van der Waals surface area (Å²) < 4.78 is 11.4. The molecule has 1 heterocycles. The van der Waals surface area contributed by atoms with Gasteiger partial charge in [0.2, 0.25) is 0 Å². The largest absolute Gasteiger partial charge is 0.398 e. The highest BCUT2D eigenvalue weighted by Gasteiger charge is 2.09. The van der Waals surface area contributed by atoms with Gasteiger partial charge >= 0.3 is 0 Å². The third-order valence-corrected chi connectivity index (χ3v) is 3.01. The highest BCUT2D eigenvalue weighted by Crippen LogP contribution is 2.26. The van der Waals surface area contributed by atoms with Crippen LogP contribution in [0.25, 0.3) is 11.5 Å². The molecule has 0 amide bonds. The Balaban J connectivity index is 2.11. The highest BCUT2D eigenvalue weighted by atomic mass is 79.9. The maximum atomic E-state index is 5.80. The molecule has 0 saturated heterocycles. The first kappa shape index (κ1) is 13.0. The lowest BCUT2D eigenvalue weighted by Gasteiger charge is -1.99. The summed E-state index contributed by atoms with van der Waals surface area (Å²) in [7, 11) is 0. The Kier molecular flexibility index (Phi) is 4.33. The summed E-state index contributed by atoms with van der Waals surface area (Å²) in [6.07, 6.45) is 0.966. The van der Waals surface area contributed by atoms with Gasteiger partial charge in [0.15, 0.2) is 5.82 Å². The minimum absolute atomic E-state index is 0.364. The van der Waals surface area contributed by atoms with Crippen LogP contribution in [0.5, 0.6) is 0 Å². The Morgan fingerprint density at radius 2 is 2.28 bits per heavy atom. The number of hydrogen-bond donors (Lipinski definition) is 1.